The van der Waals surface area contributed by atoms with Crippen LogP contribution in [0.15, 0.2) is 36.7 Å². The second kappa shape index (κ2) is 5.52. The molecule has 2 heterocycles. The molecule has 0 bridgehead atoms. The molecule has 0 spiro atoms. The van der Waals surface area contributed by atoms with Crippen LogP contribution in [0.25, 0.3) is 5.65 Å². The molecule has 2 aromatic heterocycles. The Morgan fingerprint density at radius 3 is 2.86 bits per heavy atom. The lowest BCUT2D eigenvalue weighted by Gasteiger charge is -2.10. The maximum atomic E-state index is 13.1. The van der Waals surface area contributed by atoms with Crippen molar-refractivity contribution >= 4 is 11.5 Å². The number of aryl methyl sites for hydroxylation is 2. The summed E-state index contributed by atoms with van der Waals surface area (Å²) in [6.07, 6.45) is 2.38. The summed E-state index contributed by atoms with van der Waals surface area (Å²) in [6.45, 7) is 4.72. The minimum Gasteiger partial charge on any atom is -0.370 e. The van der Waals surface area contributed by atoms with Crippen molar-refractivity contribution in [3.05, 3.63) is 59.2 Å². The lowest BCUT2D eigenvalue weighted by atomic mass is 10.1. The highest BCUT2D eigenvalue weighted by Gasteiger charge is 2.04. The second-order valence-corrected chi connectivity index (χ2v) is 5.20. The van der Waals surface area contributed by atoms with Crippen molar-refractivity contribution in [2.24, 2.45) is 0 Å². The highest BCUT2D eigenvalue weighted by molar-refractivity contribution is 5.51. The normalized spacial score (nSPS) is 11.0. The number of aromatic nitrogens is 3. The molecule has 0 unspecified atom stereocenters. The molecule has 0 aliphatic carbocycles. The van der Waals surface area contributed by atoms with Crippen LogP contribution in [-0.4, -0.2) is 21.1 Å². The molecule has 0 saturated heterocycles. The number of nitrogens with one attached hydrogen (secondary N) is 1. The largest absolute Gasteiger partial charge is 0.370 e. The first-order valence-corrected chi connectivity index (χ1v) is 6.93. The molecule has 0 aliphatic rings. The van der Waals surface area contributed by atoms with E-state index in [4.69, 9.17) is 0 Å². The van der Waals surface area contributed by atoms with Crippen molar-refractivity contribution in [3.8, 4) is 0 Å². The number of fused-ring (bicyclic) bond motifs is 1. The Kier molecular flexibility index (Phi) is 3.56. The van der Waals surface area contributed by atoms with Crippen molar-refractivity contribution in [2.45, 2.75) is 20.3 Å². The van der Waals surface area contributed by atoms with E-state index in [1.165, 1.54) is 6.07 Å². The number of nitrogens with zero attached hydrogens (tertiary/aromatic N) is 3. The zero-order valence-electron chi connectivity index (χ0n) is 12.1. The number of rotatable bonds is 4. The van der Waals surface area contributed by atoms with E-state index in [0.29, 0.717) is 0 Å². The van der Waals surface area contributed by atoms with Crippen molar-refractivity contribution in [1.29, 1.82) is 0 Å². The van der Waals surface area contributed by atoms with Gasteiger partial charge in [0.2, 0.25) is 0 Å². The fraction of sp³-hybridized carbons (Fsp3) is 0.250. The van der Waals surface area contributed by atoms with Crippen LogP contribution in [0.2, 0.25) is 0 Å². The molecule has 0 fully saturated rings. The number of hydrogen-bond acceptors (Lipinski definition) is 3. The van der Waals surface area contributed by atoms with Gasteiger partial charge in [0.25, 0.3) is 0 Å². The maximum Gasteiger partial charge on any atom is 0.157 e. The molecule has 21 heavy (non-hydrogen) atoms. The van der Waals surface area contributed by atoms with Crippen LogP contribution in [0.1, 0.15) is 16.7 Å². The first kappa shape index (κ1) is 13.5. The van der Waals surface area contributed by atoms with Crippen LogP contribution in [0, 0.1) is 19.7 Å². The van der Waals surface area contributed by atoms with Gasteiger partial charge in [0, 0.05) is 6.54 Å². The number of benzene rings is 1. The molecular weight excluding hydrogens is 267 g/mol. The first-order chi connectivity index (χ1) is 10.1. The number of anilines is 1. The Bertz CT molecular complexity index is 779. The van der Waals surface area contributed by atoms with Crippen LogP contribution >= 0.6 is 0 Å². The van der Waals surface area contributed by atoms with E-state index in [-0.39, 0.29) is 5.82 Å². The molecule has 0 aliphatic heterocycles. The summed E-state index contributed by atoms with van der Waals surface area (Å²) in [4.78, 5) is 4.20. The Balaban J connectivity index is 1.73. The predicted octanol–water partition coefficient (Wildman–Crippen LogP) is 3.14. The zero-order chi connectivity index (χ0) is 14.8. The lowest BCUT2D eigenvalue weighted by Crippen LogP contribution is -2.10. The standard InChI is InChI=1S/C16H17FN4/c1-11-7-15(21-16(8-11)19-10-20-21)18-6-5-13-3-4-14(17)9-12(13)2/h3-4,7-10,18H,5-6H2,1-2H3. The van der Waals surface area contributed by atoms with Gasteiger partial charge in [-0.15, -0.1) is 0 Å². The molecule has 108 valence electrons. The van der Waals surface area contributed by atoms with Crippen LogP contribution in [0.3, 0.4) is 0 Å². The number of hydrogen-bond donors (Lipinski definition) is 1. The summed E-state index contributed by atoms with van der Waals surface area (Å²) >= 11 is 0. The first-order valence-electron chi connectivity index (χ1n) is 6.93. The van der Waals surface area contributed by atoms with E-state index < -0.39 is 0 Å². The van der Waals surface area contributed by atoms with Gasteiger partial charge in [-0.3, -0.25) is 0 Å². The third-order valence-corrected chi connectivity index (χ3v) is 3.53. The molecule has 3 rings (SSSR count). The molecule has 0 radical (unpaired) electrons. The van der Waals surface area contributed by atoms with Gasteiger partial charge in [-0.1, -0.05) is 6.07 Å². The van der Waals surface area contributed by atoms with Gasteiger partial charge < -0.3 is 5.32 Å². The molecule has 0 amide bonds. The van der Waals surface area contributed by atoms with Crippen LogP contribution in [0.5, 0.6) is 0 Å². The highest BCUT2D eigenvalue weighted by Crippen LogP contribution is 2.14. The Hall–Kier alpha value is -2.43. The van der Waals surface area contributed by atoms with E-state index in [1.54, 1.807) is 16.9 Å². The molecular formula is C16H17FN4. The average molecular weight is 284 g/mol. The van der Waals surface area contributed by atoms with Gasteiger partial charge in [0.1, 0.15) is 18.0 Å². The van der Waals surface area contributed by atoms with Gasteiger partial charge in [-0.05, 0) is 61.2 Å². The maximum absolute atomic E-state index is 13.1. The second-order valence-electron chi connectivity index (χ2n) is 5.20. The number of halogens is 1. The molecule has 1 N–H and O–H groups in total. The Labute approximate surface area is 122 Å². The third-order valence-electron chi connectivity index (χ3n) is 3.53. The highest BCUT2D eigenvalue weighted by atomic mass is 19.1. The quantitative estimate of drug-likeness (QED) is 0.800. The van der Waals surface area contributed by atoms with Crippen molar-refractivity contribution in [1.82, 2.24) is 14.6 Å². The van der Waals surface area contributed by atoms with Crippen LogP contribution in [-0.2, 0) is 6.42 Å². The fourth-order valence-electron chi connectivity index (χ4n) is 2.45. The summed E-state index contributed by atoms with van der Waals surface area (Å²) < 4.78 is 14.9. The summed E-state index contributed by atoms with van der Waals surface area (Å²) in [6, 6.07) is 8.94. The van der Waals surface area contributed by atoms with Gasteiger partial charge in [0.05, 0.1) is 0 Å². The molecule has 0 atom stereocenters. The SMILES string of the molecule is Cc1cc(NCCc2ccc(F)cc2C)n2ncnc2c1. The van der Waals surface area contributed by atoms with Gasteiger partial charge in [0.15, 0.2) is 5.65 Å². The van der Waals surface area contributed by atoms with Crippen molar-refractivity contribution in [3.63, 3.8) is 0 Å². The predicted molar refractivity (Wildman–Crippen MR) is 81.1 cm³/mol. The van der Waals surface area contributed by atoms with E-state index in [9.17, 15) is 4.39 Å². The Morgan fingerprint density at radius 1 is 1.19 bits per heavy atom. The minimum absolute atomic E-state index is 0.188. The summed E-state index contributed by atoms with van der Waals surface area (Å²) in [5.74, 6) is 0.731. The monoisotopic (exact) mass is 284 g/mol. The smallest absolute Gasteiger partial charge is 0.157 e. The number of pyridine rings is 1. The fourth-order valence-corrected chi connectivity index (χ4v) is 2.45. The topological polar surface area (TPSA) is 42.2 Å². The molecule has 5 heteroatoms. The zero-order valence-corrected chi connectivity index (χ0v) is 12.1. The van der Waals surface area contributed by atoms with Crippen LogP contribution in [0.4, 0.5) is 10.2 Å². The Morgan fingerprint density at radius 2 is 2.05 bits per heavy atom. The van der Waals surface area contributed by atoms with E-state index in [1.807, 2.05) is 32.0 Å². The van der Waals surface area contributed by atoms with Gasteiger partial charge in [-0.25, -0.2) is 9.37 Å². The van der Waals surface area contributed by atoms with E-state index in [0.717, 1.165) is 41.1 Å². The lowest BCUT2D eigenvalue weighted by molar-refractivity contribution is 0.625. The average Bonchev–Trinajstić information content (AvgIpc) is 2.89. The molecule has 3 aromatic rings. The summed E-state index contributed by atoms with van der Waals surface area (Å²) in [5, 5.41) is 7.58. The molecule has 4 nitrogen and oxygen atoms in total. The minimum atomic E-state index is -0.188. The third kappa shape index (κ3) is 2.86. The van der Waals surface area contributed by atoms with Crippen molar-refractivity contribution in [2.75, 3.05) is 11.9 Å². The van der Waals surface area contributed by atoms with Gasteiger partial charge >= 0.3 is 0 Å². The van der Waals surface area contributed by atoms with E-state index >= 15 is 0 Å². The molecule has 1 aromatic carbocycles. The van der Waals surface area contributed by atoms with Crippen molar-refractivity contribution < 1.29 is 4.39 Å². The molecule has 0 saturated carbocycles. The summed E-state index contributed by atoms with van der Waals surface area (Å²) in [5.41, 5.74) is 4.09. The van der Waals surface area contributed by atoms with Gasteiger partial charge in [-0.2, -0.15) is 9.61 Å². The van der Waals surface area contributed by atoms with E-state index in [2.05, 4.69) is 15.4 Å². The summed E-state index contributed by atoms with van der Waals surface area (Å²) in [7, 11) is 0. The van der Waals surface area contributed by atoms with Crippen LogP contribution < -0.4 is 5.32 Å².